The molecule has 2 amide bonds. The molecule has 0 aliphatic carbocycles. The molecule has 0 aromatic carbocycles. The molecule has 3 rings (SSSR count). The first kappa shape index (κ1) is 16.9. The number of aromatic nitrogens is 2. The highest BCUT2D eigenvalue weighted by atomic mass is 16.2. The molecule has 0 saturated carbocycles. The summed E-state index contributed by atoms with van der Waals surface area (Å²) in [5, 5.41) is 2.81. The predicted molar refractivity (Wildman–Crippen MR) is 94.1 cm³/mol. The number of piperazine rings is 1. The minimum atomic E-state index is -0.224. The summed E-state index contributed by atoms with van der Waals surface area (Å²) in [4.78, 5) is 36.0. The topological polar surface area (TPSA) is 78.4 Å². The molecule has 130 valence electrons. The first-order valence-corrected chi connectivity index (χ1v) is 8.28. The van der Waals surface area contributed by atoms with Gasteiger partial charge in [-0.1, -0.05) is 6.07 Å². The molecule has 1 saturated heterocycles. The summed E-state index contributed by atoms with van der Waals surface area (Å²) < 4.78 is 0. The van der Waals surface area contributed by atoms with Crippen molar-refractivity contribution in [3.8, 4) is 0 Å². The summed E-state index contributed by atoms with van der Waals surface area (Å²) >= 11 is 0. The predicted octanol–water partition coefficient (Wildman–Crippen LogP) is 1.08. The fraction of sp³-hybridized carbons (Fsp3) is 0.333. The van der Waals surface area contributed by atoms with Gasteiger partial charge in [-0.2, -0.15) is 0 Å². The fourth-order valence-corrected chi connectivity index (χ4v) is 2.75. The molecular formula is C18H21N5O2. The molecule has 25 heavy (non-hydrogen) atoms. The van der Waals surface area contributed by atoms with E-state index in [0.29, 0.717) is 25.3 Å². The van der Waals surface area contributed by atoms with Crippen molar-refractivity contribution in [1.29, 1.82) is 0 Å². The van der Waals surface area contributed by atoms with E-state index in [4.69, 9.17) is 0 Å². The number of carbonyl (C=O) groups excluding carboxylic acids is 2. The Morgan fingerprint density at radius 2 is 1.88 bits per heavy atom. The van der Waals surface area contributed by atoms with Gasteiger partial charge in [0.05, 0.1) is 24.1 Å². The average molecular weight is 339 g/mol. The van der Waals surface area contributed by atoms with Crippen molar-refractivity contribution in [2.24, 2.45) is 0 Å². The minimum Gasteiger partial charge on any atom is -0.367 e. The third-order valence-corrected chi connectivity index (χ3v) is 4.23. The maximum atomic E-state index is 12.2. The second-order valence-electron chi connectivity index (χ2n) is 5.90. The van der Waals surface area contributed by atoms with Crippen molar-refractivity contribution in [3.63, 3.8) is 0 Å². The lowest BCUT2D eigenvalue weighted by Crippen LogP contribution is -2.48. The molecule has 0 radical (unpaired) electrons. The van der Waals surface area contributed by atoms with Crippen molar-refractivity contribution in [1.82, 2.24) is 20.2 Å². The van der Waals surface area contributed by atoms with E-state index in [2.05, 4.69) is 20.2 Å². The molecule has 1 N–H and O–H groups in total. The van der Waals surface area contributed by atoms with Gasteiger partial charge in [-0.15, -0.1) is 0 Å². The lowest BCUT2D eigenvalue weighted by Gasteiger charge is -2.35. The standard InChI is InChI=1S/C18H21N5O2/c1-14(24)22-8-10-23(11-9-22)16-5-6-17(20-13-16)18(25)21-12-15-4-2-3-7-19-15/h2-7,13H,8-12H2,1H3,(H,21,25). The third-order valence-electron chi connectivity index (χ3n) is 4.23. The Balaban J connectivity index is 1.55. The zero-order valence-electron chi connectivity index (χ0n) is 14.2. The number of rotatable bonds is 4. The summed E-state index contributed by atoms with van der Waals surface area (Å²) in [7, 11) is 0. The van der Waals surface area contributed by atoms with Gasteiger partial charge in [0.1, 0.15) is 5.69 Å². The van der Waals surface area contributed by atoms with Gasteiger partial charge in [0.2, 0.25) is 5.91 Å². The van der Waals surface area contributed by atoms with E-state index in [0.717, 1.165) is 24.5 Å². The monoisotopic (exact) mass is 339 g/mol. The van der Waals surface area contributed by atoms with Crippen LogP contribution in [0, 0.1) is 0 Å². The van der Waals surface area contributed by atoms with Crippen LogP contribution in [0.1, 0.15) is 23.1 Å². The van der Waals surface area contributed by atoms with Crippen LogP contribution in [-0.4, -0.2) is 52.9 Å². The molecule has 0 bridgehead atoms. The quantitative estimate of drug-likeness (QED) is 0.902. The van der Waals surface area contributed by atoms with Crippen LogP contribution in [0.4, 0.5) is 5.69 Å². The van der Waals surface area contributed by atoms with Crippen LogP contribution in [0.5, 0.6) is 0 Å². The van der Waals surface area contributed by atoms with E-state index in [9.17, 15) is 9.59 Å². The van der Waals surface area contributed by atoms with E-state index in [-0.39, 0.29) is 11.8 Å². The third kappa shape index (κ3) is 4.32. The van der Waals surface area contributed by atoms with Crippen molar-refractivity contribution in [2.75, 3.05) is 31.1 Å². The highest BCUT2D eigenvalue weighted by molar-refractivity contribution is 5.92. The maximum Gasteiger partial charge on any atom is 0.270 e. The molecule has 1 aliphatic rings. The van der Waals surface area contributed by atoms with Gasteiger partial charge in [0.15, 0.2) is 0 Å². The Hall–Kier alpha value is -2.96. The number of hydrogen-bond acceptors (Lipinski definition) is 5. The first-order valence-electron chi connectivity index (χ1n) is 8.28. The number of anilines is 1. The van der Waals surface area contributed by atoms with Gasteiger partial charge in [0, 0.05) is 39.3 Å². The van der Waals surface area contributed by atoms with Crippen molar-refractivity contribution < 1.29 is 9.59 Å². The van der Waals surface area contributed by atoms with Crippen LogP contribution in [0.15, 0.2) is 42.7 Å². The van der Waals surface area contributed by atoms with E-state index >= 15 is 0 Å². The number of nitrogens with zero attached hydrogens (tertiary/aromatic N) is 4. The van der Waals surface area contributed by atoms with Crippen LogP contribution in [0.3, 0.4) is 0 Å². The largest absolute Gasteiger partial charge is 0.367 e. The van der Waals surface area contributed by atoms with Crippen LogP contribution in [0.25, 0.3) is 0 Å². The van der Waals surface area contributed by atoms with E-state index < -0.39 is 0 Å². The van der Waals surface area contributed by atoms with Crippen molar-refractivity contribution >= 4 is 17.5 Å². The number of carbonyl (C=O) groups is 2. The van der Waals surface area contributed by atoms with E-state index in [1.165, 1.54) is 0 Å². The van der Waals surface area contributed by atoms with E-state index in [1.54, 1.807) is 25.4 Å². The number of pyridine rings is 2. The molecule has 1 aliphatic heterocycles. The second kappa shape index (κ2) is 7.74. The van der Waals surface area contributed by atoms with Gasteiger partial charge in [-0.3, -0.25) is 14.6 Å². The lowest BCUT2D eigenvalue weighted by molar-refractivity contribution is -0.129. The van der Waals surface area contributed by atoms with Crippen molar-refractivity contribution in [3.05, 3.63) is 54.1 Å². The fourth-order valence-electron chi connectivity index (χ4n) is 2.75. The summed E-state index contributed by atoms with van der Waals surface area (Å²) in [6, 6.07) is 9.19. The van der Waals surface area contributed by atoms with Crippen LogP contribution in [0.2, 0.25) is 0 Å². The summed E-state index contributed by atoms with van der Waals surface area (Å²) in [5.74, 6) is -0.115. The second-order valence-corrected chi connectivity index (χ2v) is 5.90. The molecule has 2 aromatic heterocycles. The summed E-state index contributed by atoms with van der Waals surface area (Å²) in [6.45, 7) is 4.92. The first-order chi connectivity index (χ1) is 12.1. The van der Waals surface area contributed by atoms with Crippen LogP contribution in [-0.2, 0) is 11.3 Å². The van der Waals surface area contributed by atoms with Gasteiger partial charge >= 0.3 is 0 Å². The average Bonchev–Trinajstić information content (AvgIpc) is 2.67. The van der Waals surface area contributed by atoms with Gasteiger partial charge in [0.25, 0.3) is 5.91 Å². The molecule has 2 aromatic rings. The molecular weight excluding hydrogens is 318 g/mol. The number of nitrogens with one attached hydrogen (secondary N) is 1. The minimum absolute atomic E-state index is 0.109. The summed E-state index contributed by atoms with van der Waals surface area (Å²) in [6.07, 6.45) is 3.40. The molecule has 0 unspecified atom stereocenters. The highest BCUT2D eigenvalue weighted by Crippen LogP contribution is 2.15. The SMILES string of the molecule is CC(=O)N1CCN(c2ccc(C(=O)NCc3ccccn3)nc2)CC1. The maximum absolute atomic E-state index is 12.2. The Labute approximate surface area is 146 Å². The Morgan fingerprint density at radius 3 is 2.48 bits per heavy atom. The zero-order valence-corrected chi connectivity index (χ0v) is 14.2. The molecule has 0 atom stereocenters. The van der Waals surface area contributed by atoms with Gasteiger partial charge < -0.3 is 15.1 Å². The number of amides is 2. The Morgan fingerprint density at radius 1 is 1.08 bits per heavy atom. The smallest absolute Gasteiger partial charge is 0.270 e. The van der Waals surface area contributed by atoms with Crippen molar-refractivity contribution in [2.45, 2.75) is 13.5 Å². The molecule has 0 spiro atoms. The molecule has 3 heterocycles. The normalized spacial score (nSPS) is 14.3. The lowest BCUT2D eigenvalue weighted by atomic mass is 10.2. The van der Waals surface area contributed by atoms with E-state index in [1.807, 2.05) is 29.2 Å². The Kier molecular flexibility index (Phi) is 5.23. The molecule has 7 heteroatoms. The molecule has 1 fully saturated rings. The number of hydrogen-bond donors (Lipinski definition) is 1. The Bertz CT molecular complexity index is 725. The van der Waals surface area contributed by atoms with Gasteiger partial charge in [-0.05, 0) is 24.3 Å². The van der Waals surface area contributed by atoms with Crippen LogP contribution >= 0.6 is 0 Å². The van der Waals surface area contributed by atoms with Crippen LogP contribution < -0.4 is 10.2 Å². The highest BCUT2D eigenvalue weighted by Gasteiger charge is 2.19. The van der Waals surface area contributed by atoms with Gasteiger partial charge in [-0.25, -0.2) is 4.98 Å². The zero-order chi connectivity index (χ0) is 17.6. The molecule has 7 nitrogen and oxygen atoms in total. The summed E-state index contributed by atoms with van der Waals surface area (Å²) in [5.41, 5.74) is 2.14.